The van der Waals surface area contributed by atoms with Crippen molar-refractivity contribution in [2.24, 2.45) is 5.92 Å². The van der Waals surface area contributed by atoms with Gasteiger partial charge in [0.05, 0.1) is 4.05 Å². The first-order chi connectivity index (χ1) is 5.16. The zero-order valence-corrected chi connectivity index (χ0v) is 9.17. The summed E-state index contributed by atoms with van der Waals surface area (Å²) in [5.41, 5.74) is 0. The molecule has 0 aliphatic carbocycles. The van der Waals surface area contributed by atoms with E-state index in [1.165, 1.54) is 0 Å². The molecule has 0 bridgehead atoms. The minimum Gasteiger partial charge on any atom is -0.334 e. The zero-order valence-electron chi connectivity index (χ0n) is 7.01. The summed E-state index contributed by atoms with van der Waals surface area (Å²) < 4.78 is 0.427. The van der Waals surface area contributed by atoms with Crippen LogP contribution in [0.15, 0.2) is 0 Å². The molecule has 11 heavy (non-hydrogen) atoms. The fraction of sp³-hybridized carbons (Fsp3) is 0.875. The maximum absolute atomic E-state index is 11.4. The summed E-state index contributed by atoms with van der Waals surface area (Å²) in [6.45, 7) is 2.13. The molecule has 1 heterocycles. The Balaban J connectivity index is 2.52. The first kappa shape index (κ1) is 9.29. The molecule has 0 N–H and O–H groups in total. The average molecular weight is 267 g/mol. The van der Waals surface area contributed by atoms with Gasteiger partial charge in [0.1, 0.15) is 0 Å². The first-order valence-corrected chi connectivity index (χ1v) is 5.32. The third-order valence-corrected chi connectivity index (χ3v) is 3.58. The van der Waals surface area contributed by atoms with E-state index >= 15 is 0 Å². The summed E-state index contributed by atoms with van der Waals surface area (Å²) in [5, 5.41) is 0. The molecule has 0 aromatic heterocycles. The molecule has 0 aromatic carbocycles. The molecule has 0 spiro atoms. The van der Waals surface area contributed by atoms with Crippen molar-refractivity contribution in [3.8, 4) is 0 Å². The molecule has 1 rings (SSSR count). The van der Waals surface area contributed by atoms with Crippen molar-refractivity contribution in [3.63, 3.8) is 0 Å². The SMILES string of the molecule is CCCC1CC(I)N(C)C1=O. The number of alkyl halides is 1. The molecule has 1 aliphatic heterocycles. The van der Waals surface area contributed by atoms with Crippen molar-refractivity contribution in [3.05, 3.63) is 0 Å². The Hall–Kier alpha value is 0.200. The lowest BCUT2D eigenvalue weighted by Crippen LogP contribution is -2.25. The molecular formula is C8H14INO. The van der Waals surface area contributed by atoms with Crippen molar-refractivity contribution in [1.82, 2.24) is 4.90 Å². The van der Waals surface area contributed by atoms with Gasteiger partial charge in [-0.3, -0.25) is 4.79 Å². The monoisotopic (exact) mass is 267 g/mol. The van der Waals surface area contributed by atoms with E-state index in [0.717, 1.165) is 19.3 Å². The Morgan fingerprint density at radius 3 is 2.73 bits per heavy atom. The second-order valence-electron chi connectivity index (χ2n) is 3.10. The molecule has 2 nitrogen and oxygen atoms in total. The third kappa shape index (κ3) is 1.86. The van der Waals surface area contributed by atoms with E-state index in [1.54, 1.807) is 0 Å². The van der Waals surface area contributed by atoms with Gasteiger partial charge in [-0.2, -0.15) is 0 Å². The van der Waals surface area contributed by atoms with E-state index in [2.05, 4.69) is 29.5 Å². The summed E-state index contributed by atoms with van der Waals surface area (Å²) in [5.74, 6) is 0.651. The minimum atomic E-state index is 0.312. The number of halogens is 1. The predicted molar refractivity (Wildman–Crippen MR) is 53.6 cm³/mol. The molecule has 2 unspecified atom stereocenters. The van der Waals surface area contributed by atoms with Crippen LogP contribution in [-0.4, -0.2) is 21.9 Å². The topological polar surface area (TPSA) is 20.3 Å². The lowest BCUT2D eigenvalue weighted by molar-refractivity contribution is -0.130. The van der Waals surface area contributed by atoms with Crippen LogP contribution in [0.1, 0.15) is 26.2 Å². The minimum absolute atomic E-state index is 0.312. The number of carbonyl (C=O) groups excluding carboxylic acids is 1. The molecule has 64 valence electrons. The molecule has 0 radical (unpaired) electrons. The molecule has 1 saturated heterocycles. The lowest BCUT2D eigenvalue weighted by atomic mass is 10.0. The van der Waals surface area contributed by atoms with Gasteiger partial charge in [0, 0.05) is 13.0 Å². The number of carbonyl (C=O) groups is 1. The Morgan fingerprint density at radius 1 is 1.73 bits per heavy atom. The van der Waals surface area contributed by atoms with E-state index < -0.39 is 0 Å². The van der Waals surface area contributed by atoms with Gasteiger partial charge in [-0.1, -0.05) is 35.9 Å². The largest absolute Gasteiger partial charge is 0.334 e. The van der Waals surface area contributed by atoms with Gasteiger partial charge >= 0.3 is 0 Å². The zero-order chi connectivity index (χ0) is 8.43. The molecular weight excluding hydrogens is 253 g/mol. The highest BCUT2D eigenvalue weighted by Crippen LogP contribution is 2.30. The smallest absolute Gasteiger partial charge is 0.226 e. The van der Waals surface area contributed by atoms with E-state index in [9.17, 15) is 4.79 Å². The Labute approximate surface area is 81.5 Å². The highest BCUT2D eigenvalue weighted by Gasteiger charge is 2.34. The van der Waals surface area contributed by atoms with Crippen molar-refractivity contribution < 1.29 is 4.79 Å². The van der Waals surface area contributed by atoms with Crippen molar-refractivity contribution in [1.29, 1.82) is 0 Å². The Kier molecular flexibility index (Phi) is 3.16. The van der Waals surface area contributed by atoms with Gasteiger partial charge in [-0.25, -0.2) is 0 Å². The summed E-state index contributed by atoms with van der Waals surface area (Å²) >= 11 is 2.33. The van der Waals surface area contributed by atoms with Crippen LogP contribution in [0, 0.1) is 5.92 Å². The number of likely N-dealkylation sites (tertiary alicyclic amines) is 1. The van der Waals surface area contributed by atoms with Crippen LogP contribution in [0.5, 0.6) is 0 Å². The predicted octanol–water partition coefficient (Wildman–Crippen LogP) is 2.03. The lowest BCUT2D eigenvalue weighted by Gasteiger charge is -2.12. The van der Waals surface area contributed by atoms with Crippen LogP contribution in [0.2, 0.25) is 0 Å². The summed E-state index contributed by atoms with van der Waals surface area (Å²) in [6.07, 6.45) is 3.22. The van der Waals surface area contributed by atoms with Gasteiger partial charge in [0.2, 0.25) is 5.91 Å². The van der Waals surface area contributed by atoms with Gasteiger partial charge in [-0.15, -0.1) is 0 Å². The fourth-order valence-electron chi connectivity index (χ4n) is 1.51. The van der Waals surface area contributed by atoms with Crippen LogP contribution < -0.4 is 0 Å². The van der Waals surface area contributed by atoms with Crippen LogP contribution in [0.3, 0.4) is 0 Å². The van der Waals surface area contributed by atoms with E-state index in [-0.39, 0.29) is 0 Å². The number of hydrogen-bond donors (Lipinski definition) is 0. The van der Waals surface area contributed by atoms with Crippen molar-refractivity contribution in [2.45, 2.75) is 30.2 Å². The van der Waals surface area contributed by atoms with Gasteiger partial charge < -0.3 is 4.90 Å². The number of nitrogens with zero attached hydrogens (tertiary/aromatic N) is 1. The fourth-order valence-corrected chi connectivity index (χ4v) is 2.40. The second kappa shape index (κ2) is 3.74. The number of hydrogen-bond acceptors (Lipinski definition) is 1. The van der Waals surface area contributed by atoms with E-state index in [1.807, 2.05) is 11.9 Å². The number of rotatable bonds is 2. The maximum atomic E-state index is 11.4. The Bertz CT molecular complexity index is 160. The molecule has 1 fully saturated rings. The highest BCUT2D eigenvalue weighted by atomic mass is 127. The summed E-state index contributed by atoms with van der Waals surface area (Å²) in [4.78, 5) is 13.3. The van der Waals surface area contributed by atoms with Gasteiger partial charge in [-0.05, 0) is 12.8 Å². The maximum Gasteiger partial charge on any atom is 0.226 e. The molecule has 1 aliphatic rings. The summed E-state index contributed by atoms with van der Waals surface area (Å²) in [7, 11) is 1.90. The van der Waals surface area contributed by atoms with Crippen molar-refractivity contribution >= 4 is 28.5 Å². The van der Waals surface area contributed by atoms with Crippen molar-refractivity contribution in [2.75, 3.05) is 7.05 Å². The third-order valence-electron chi connectivity index (χ3n) is 2.23. The molecule has 2 atom stereocenters. The normalized spacial score (nSPS) is 31.5. The van der Waals surface area contributed by atoms with Crippen LogP contribution in [0.25, 0.3) is 0 Å². The average Bonchev–Trinajstić information content (AvgIpc) is 2.19. The standard InChI is InChI=1S/C8H14INO/c1-3-4-6-5-7(9)10(2)8(6)11/h6-7H,3-5H2,1-2H3. The molecule has 3 heteroatoms. The second-order valence-corrected chi connectivity index (χ2v) is 4.54. The summed E-state index contributed by atoms with van der Waals surface area (Å²) in [6, 6.07) is 0. The van der Waals surface area contributed by atoms with Crippen LogP contribution in [-0.2, 0) is 4.79 Å². The first-order valence-electron chi connectivity index (χ1n) is 4.07. The van der Waals surface area contributed by atoms with E-state index in [0.29, 0.717) is 15.9 Å². The molecule has 0 saturated carbocycles. The van der Waals surface area contributed by atoms with Gasteiger partial charge in [0.15, 0.2) is 0 Å². The highest BCUT2D eigenvalue weighted by molar-refractivity contribution is 14.1. The number of amides is 1. The molecule has 1 amide bonds. The molecule has 0 aromatic rings. The van der Waals surface area contributed by atoms with Crippen LogP contribution >= 0.6 is 22.6 Å². The quantitative estimate of drug-likeness (QED) is 0.426. The van der Waals surface area contributed by atoms with Crippen LogP contribution in [0.4, 0.5) is 0 Å². The van der Waals surface area contributed by atoms with E-state index in [4.69, 9.17) is 0 Å². The Morgan fingerprint density at radius 2 is 2.36 bits per heavy atom. The van der Waals surface area contributed by atoms with Gasteiger partial charge in [0.25, 0.3) is 0 Å².